The van der Waals surface area contributed by atoms with Crippen molar-refractivity contribution < 1.29 is 14.0 Å². The Balaban J connectivity index is 2.37. The molecule has 1 aliphatic heterocycles. The van der Waals surface area contributed by atoms with Gasteiger partial charge in [-0.3, -0.25) is 9.59 Å². The molecule has 0 bridgehead atoms. The highest BCUT2D eigenvalue weighted by Crippen LogP contribution is 2.30. The molecule has 2 rings (SSSR count). The van der Waals surface area contributed by atoms with E-state index in [4.69, 9.17) is 17.3 Å². The number of hydrogen-bond acceptors (Lipinski definition) is 3. The van der Waals surface area contributed by atoms with Crippen LogP contribution >= 0.6 is 11.6 Å². The van der Waals surface area contributed by atoms with Gasteiger partial charge in [-0.1, -0.05) is 11.6 Å². The molecule has 0 saturated carbocycles. The van der Waals surface area contributed by atoms with Crippen LogP contribution in [-0.2, 0) is 4.79 Å². The fraction of sp³-hybridized carbons (Fsp3) is 0.385. The number of nitrogens with one attached hydrogen (secondary N) is 1. The second-order valence-electron chi connectivity index (χ2n) is 4.62. The van der Waals surface area contributed by atoms with Crippen LogP contribution in [0.5, 0.6) is 0 Å². The van der Waals surface area contributed by atoms with Gasteiger partial charge in [0.15, 0.2) is 5.78 Å². The van der Waals surface area contributed by atoms with Crippen LogP contribution in [0, 0.1) is 5.82 Å². The maximum atomic E-state index is 13.0. The average Bonchev–Trinajstić information content (AvgIpc) is 2.72. The van der Waals surface area contributed by atoms with Gasteiger partial charge in [0.25, 0.3) is 0 Å². The normalized spacial score (nSPS) is 22.4. The van der Waals surface area contributed by atoms with E-state index in [1.165, 1.54) is 12.1 Å². The Morgan fingerprint density at radius 1 is 1.53 bits per heavy atom. The van der Waals surface area contributed by atoms with Crippen LogP contribution in [0.2, 0.25) is 5.02 Å². The number of benzene rings is 1. The van der Waals surface area contributed by atoms with E-state index in [9.17, 15) is 14.0 Å². The van der Waals surface area contributed by atoms with Gasteiger partial charge in [-0.25, -0.2) is 4.39 Å². The lowest BCUT2D eigenvalue weighted by Gasteiger charge is -2.27. The third kappa shape index (κ3) is 2.62. The highest BCUT2D eigenvalue weighted by Gasteiger charge is 2.44. The van der Waals surface area contributed by atoms with Crippen LogP contribution in [0.4, 0.5) is 4.39 Å². The maximum absolute atomic E-state index is 13.0. The minimum absolute atomic E-state index is 0.0440. The molecule has 4 nitrogen and oxygen atoms in total. The molecule has 1 aromatic rings. The maximum Gasteiger partial charge on any atom is 0.220 e. The first kappa shape index (κ1) is 14.0. The number of halogens is 2. The SMILES string of the molecule is NCCC1(C(=O)c2ccc(F)cc2Cl)CCC(=O)N1. The highest BCUT2D eigenvalue weighted by atomic mass is 35.5. The standard InChI is InChI=1S/C13H14ClFN2O2/c14-10-7-8(15)1-2-9(10)12(19)13(5-6-16)4-3-11(18)17-13/h1-2,7H,3-6,16H2,(H,17,18). The van der Waals surface area contributed by atoms with Crippen LogP contribution in [0.25, 0.3) is 0 Å². The Labute approximate surface area is 115 Å². The zero-order chi connectivity index (χ0) is 14.0. The largest absolute Gasteiger partial charge is 0.343 e. The topological polar surface area (TPSA) is 72.2 Å². The van der Waals surface area contributed by atoms with Crippen molar-refractivity contribution in [2.45, 2.75) is 24.8 Å². The van der Waals surface area contributed by atoms with Gasteiger partial charge in [0.2, 0.25) is 5.91 Å². The number of rotatable bonds is 4. The van der Waals surface area contributed by atoms with Crippen molar-refractivity contribution in [2.24, 2.45) is 5.73 Å². The first-order valence-corrected chi connectivity index (χ1v) is 6.37. The van der Waals surface area contributed by atoms with Gasteiger partial charge in [0.1, 0.15) is 11.4 Å². The summed E-state index contributed by atoms with van der Waals surface area (Å²) in [5.74, 6) is -1.00. The van der Waals surface area contributed by atoms with E-state index in [-0.39, 0.29) is 35.2 Å². The Morgan fingerprint density at radius 2 is 2.26 bits per heavy atom. The summed E-state index contributed by atoms with van der Waals surface area (Å²) in [5.41, 5.74) is 4.72. The fourth-order valence-electron chi connectivity index (χ4n) is 2.37. The molecule has 1 saturated heterocycles. The number of carbonyl (C=O) groups excluding carboxylic acids is 2. The van der Waals surface area contributed by atoms with Crippen molar-refractivity contribution in [1.29, 1.82) is 0 Å². The van der Waals surface area contributed by atoms with E-state index in [2.05, 4.69) is 5.32 Å². The molecule has 6 heteroatoms. The number of ketones is 1. The minimum Gasteiger partial charge on any atom is -0.343 e. The number of hydrogen-bond donors (Lipinski definition) is 2. The molecule has 0 spiro atoms. The van der Waals surface area contributed by atoms with Crippen LogP contribution < -0.4 is 11.1 Å². The second-order valence-corrected chi connectivity index (χ2v) is 5.03. The lowest BCUT2D eigenvalue weighted by Crippen LogP contribution is -2.50. The molecule has 1 aliphatic rings. The summed E-state index contributed by atoms with van der Waals surface area (Å²) in [6, 6.07) is 3.59. The molecule has 1 aromatic carbocycles. The van der Waals surface area contributed by atoms with Gasteiger partial charge in [-0.15, -0.1) is 0 Å². The molecule has 0 aliphatic carbocycles. The third-order valence-corrected chi connectivity index (χ3v) is 3.65. The smallest absolute Gasteiger partial charge is 0.220 e. The monoisotopic (exact) mass is 284 g/mol. The Bertz CT molecular complexity index is 535. The van der Waals surface area contributed by atoms with Crippen LogP contribution in [-0.4, -0.2) is 23.8 Å². The summed E-state index contributed by atoms with van der Waals surface area (Å²) >= 11 is 5.90. The second kappa shape index (κ2) is 5.27. The quantitative estimate of drug-likeness (QED) is 0.826. The van der Waals surface area contributed by atoms with Gasteiger partial charge in [0, 0.05) is 12.0 Å². The summed E-state index contributed by atoms with van der Waals surface area (Å²) in [7, 11) is 0. The van der Waals surface area contributed by atoms with Gasteiger partial charge >= 0.3 is 0 Å². The van der Waals surface area contributed by atoms with Crippen molar-refractivity contribution >= 4 is 23.3 Å². The fourth-order valence-corrected chi connectivity index (χ4v) is 2.62. The highest BCUT2D eigenvalue weighted by molar-refractivity contribution is 6.34. The van der Waals surface area contributed by atoms with Crippen LogP contribution in [0.3, 0.4) is 0 Å². The lowest BCUT2D eigenvalue weighted by atomic mass is 9.85. The predicted octanol–water partition coefficient (Wildman–Crippen LogP) is 1.66. The lowest BCUT2D eigenvalue weighted by molar-refractivity contribution is -0.119. The van der Waals surface area contributed by atoms with E-state index in [0.29, 0.717) is 12.8 Å². The van der Waals surface area contributed by atoms with Gasteiger partial charge in [-0.2, -0.15) is 0 Å². The van der Waals surface area contributed by atoms with E-state index in [0.717, 1.165) is 6.07 Å². The minimum atomic E-state index is -1.01. The molecule has 1 heterocycles. The molecule has 1 amide bonds. The summed E-state index contributed by atoms with van der Waals surface area (Å²) in [5, 5.41) is 2.73. The predicted molar refractivity (Wildman–Crippen MR) is 69.5 cm³/mol. The zero-order valence-corrected chi connectivity index (χ0v) is 11.0. The van der Waals surface area contributed by atoms with Crippen molar-refractivity contribution in [3.63, 3.8) is 0 Å². The molecule has 0 radical (unpaired) electrons. The Kier molecular flexibility index (Phi) is 3.87. The molecule has 3 N–H and O–H groups in total. The van der Waals surface area contributed by atoms with Gasteiger partial charge in [0.05, 0.1) is 5.02 Å². The third-order valence-electron chi connectivity index (χ3n) is 3.34. The molecule has 1 atom stereocenters. The summed E-state index contributed by atoms with van der Waals surface area (Å²) in [4.78, 5) is 24.0. The van der Waals surface area contributed by atoms with E-state index in [1.54, 1.807) is 0 Å². The van der Waals surface area contributed by atoms with E-state index in [1.807, 2.05) is 0 Å². The number of Topliss-reactive ketones (excluding diaryl/α,β-unsaturated/α-hetero) is 1. The molecular weight excluding hydrogens is 271 g/mol. The number of amides is 1. The van der Waals surface area contributed by atoms with Crippen LogP contribution in [0.15, 0.2) is 18.2 Å². The average molecular weight is 285 g/mol. The van der Waals surface area contributed by atoms with E-state index >= 15 is 0 Å². The first-order chi connectivity index (χ1) is 8.98. The summed E-state index contributed by atoms with van der Waals surface area (Å²) in [6.07, 6.45) is 1.01. The number of nitrogens with two attached hydrogens (primary N) is 1. The molecule has 0 aromatic heterocycles. The number of carbonyl (C=O) groups is 2. The van der Waals surface area contributed by atoms with Gasteiger partial charge in [-0.05, 0) is 37.6 Å². The van der Waals surface area contributed by atoms with E-state index < -0.39 is 11.4 Å². The molecule has 1 fully saturated rings. The van der Waals surface area contributed by atoms with Crippen LogP contribution in [0.1, 0.15) is 29.6 Å². The molecular formula is C13H14ClFN2O2. The van der Waals surface area contributed by atoms with Crippen molar-refractivity contribution in [1.82, 2.24) is 5.32 Å². The zero-order valence-electron chi connectivity index (χ0n) is 10.2. The first-order valence-electron chi connectivity index (χ1n) is 5.99. The van der Waals surface area contributed by atoms with Gasteiger partial charge < -0.3 is 11.1 Å². The Hall–Kier alpha value is -1.46. The molecule has 1 unspecified atom stereocenters. The summed E-state index contributed by atoms with van der Waals surface area (Å²) < 4.78 is 13.0. The van der Waals surface area contributed by atoms with Crippen molar-refractivity contribution in [2.75, 3.05) is 6.54 Å². The molecule has 19 heavy (non-hydrogen) atoms. The van der Waals surface area contributed by atoms with Crippen molar-refractivity contribution in [3.8, 4) is 0 Å². The van der Waals surface area contributed by atoms with Crippen molar-refractivity contribution in [3.05, 3.63) is 34.6 Å². The Morgan fingerprint density at radius 3 is 2.79 bits per heavy atom. The molecule has 102 valence electrons. The summed E-state index contributed by atoms with van der Waals surface area (Å²) in [6.45, 7) is 0.269.